The van der Waals surface area contributed by atoms with Crippen molar-refractivity contribution >= 4 is 23.1 Å². The van der Waals surface area contributed by atoms with E-state index in [4.69, 9.17) is 21.6 Å². The Balaban J connectivity index is 2.18. The Morgan fingerprint density at radius 3 is 2.72 bits per heavy atom. The van der Waals surface area contributed by atoms with Crippen molar-refractivity contribution in [2.75, 3.05) is 12.4 Å². The van der Waals surface area contributed by atoms with Gasteiger partial charge in [0.15, 0.2) is 0 Å². The molecule has 0 spiro atoms. The lowest BCUT2D eigenvalue weighted by atomic mass is 10.3. The standard InChI is InChI=1S/C13H10ClN3O/c1-18-12-4-3-10(6-11(12)14)17-13-5-2-9(7-15)8-16-13/h2-6,8H,1H3,(H,16,17). The van der Waals surface area contributed by atoms with Crippen molar-refractivity contribution in [3.8, 4) is 11.8 Å². The van der Waals surface area contributed by atoms with Gasteiger partial charge in [0.25, 0.3) is 0 Å². The van der Waals surface area contributed by atoms with Crippen LogP contribution in [0.2, 0.25) is 5.02 Å². The topological polar surface area (TPSA) is 57.9 Å². The molecule has 0 fully saturated rings. The molecule has 0 aliphatic rings. The number of halogens is 1. The fraction of sp³-hybridized carbons (Fsp3) is 0.0769. The second-order valence-electron chi connectivity index (χ2n) is 3.52. The van der Waals surface area contributed by atoms with Gasteiger partial charge in [-0.3, -0.25) is 0 Å². The van der Waals surface area contributed by atoms with Crippen molar-refractivity contribution in [2.45, 2.75) is 0 Å². The minimum Gasteiger partial charge on any atom is -0.495 e. The summed E-state index contributed by atoms with van der Waals surface area (Å²) in [6.07, 6.45) is 1.51. The summed E-state index contributed by atoms with van der Waals surface area (Å²) in [6.45, 7) is 0. The molecule has 0 saturated heterocycles. The number of rotatable bonds is 3. The van der Waals surface area contributed by atoms with Gasteiger partial charge in [-0.1, -0.05) is 11.6 Å². The first-order valence-electron chi connectivity index (χ1n) is 5.19. The molecule has 0 amide bonds. The van der Waals surface area contributed by atoms with Crippen LogP contribution in [0, 0.1) is 11.3 Å². The quantitative estimate of drug-likeness (QED) is 0.918. The van der Waals surface area contributed by atoms with E-state index in [-0.39, 0.29) is 0 Å². The number of benzene rings is 1. The van der Waals surface area contributed by atoms with Gasteiger partial charge >= 0.3 is 0 Å². The average Bonchev–Trinajstić information content (AvgIpc) is 2.40. The van der Waals surface area contributed by atoms with Gasteiger partial charge in [-0.05, 0) is 30.3 Å². The molecule has 90 valence electrons. The molecule has 0 saturated carbocycles. The van der Waals surface area contributed by atoms with Gasteiger partial charge in [0, 0.05) is 11.9 Å². The fourth-order valence-corrected chi connectivity index (χ4v) is 1.68. The number of hydrogen-bond acceptors (Lipinski definition) is 4. The zero-order valence-electron chi connectivity index (χ0n) is 9.64. The van der Waals surface area contributed by atoms with Crippen molar-refractivity contribution < 1.29 is 4.74 Å². The van der Waals surface area contributed by atoms with Gasteiger partial charge in [0.05, 0.1) is 17.7 Å². The van der Waals surface area contributed by atoms with Crippen LogP contribution in [0.25, 0.3) is 0 Å². The van der Waals surface area contributed by atoms with E-state index in [0.717, 1.165) is 5.69 Å². The zero-order chi connectivity index (χ0) is 13.0. The van der Waals surface area contributed by atoms with Crippen LogP contribution in [0.4, 0.5) is 11.5 Å². The number of hydrogen-bond donors (Lipinski definition) is 1. The lowest BCUT2D eigenvalue weighted by Gasteiger charge is -2.08. The predicted octanol–water partition coefficient (Wildman–Crippen LogP) is 3.36. The molecule has 0 atom stereocenters. The Bertz CT molecular complexity index is 590. The molecule has 1 N–H and O–H groups in total. The smallest absolute Gasteiger partial charge is 0.137 e. The third kappa shape index (κ3) is 2.70. The molecule has 2 aromatic rings. The van der Waals surface area contributed by atoms with Gasteiger partial charge in [0.1, 0.15) is 17.6 Å². The molecule has 1 heterocycles. The summed E-state index contributed by atoms with van der Waals surface area (Å²) >= 11 is 6.01. The first kappa shape index (κ1) is 12.2. The van der Waals surface area contributed by atoms with E-state index < -0.39 is 0 Å². The molecule has 0 unspecified atom stereocenters. The molecule has 0 aliphatic carbocycles. The van der Waals surface area contributed by atoms with Gasteiger partial charge in [0.2, 0.25) is 0 Å². The first-order valence-corrected chi connectivity index (χ1v) is 5.57. The van der Waals surface area contributed by atoms with Crippen molar-refractivity contribution in [1.29, 1.82) is 5.26 Å². The number of methoxy groups -OCH3 is 1. The summed E-state index contributed by atoms with van der Waals surface area (Å²) in [5.74, 6) is 1.27. The fourth-order valence-electron chi connectivity index (χ4n) is 1.43. The maximum absolute atomic E-state index is 8.67. The highest BCUT2D eigenvalue weighted by molar-refractivity contribution is 6.32. The molecular weight excluding hydrogens is 250 g/mol. The lowest BCUT2D eigenvalue weighted by molar-refractivity contribution is 0.415. The third-order valence-electron chi connectivity index (χ3n) is 2.32. The second kappa shape index (κ2) is 5.39. The zero-order valence-corrected chi connectivity index (χ0v) is 10.4. The van der Waals surface area contributed by atoms with Crippen LogP contribution in [-0.4, -0.2) is 12.1 Å². The predicted molar refractivity (Wildman–Crippen MR) is 70.2 cm³/mol. The number of aromatic nitrogens is 1. The first-order chi connectivity index (χ1) is 8.72. The van der Waals surface area contributed by atoms with Crippen LogP contribution in [0.3, 0.4) is 0 Å². The Labute approximate surface area is 110 Å². The maximum Gasteiger partial charge on any atom is 0.137 e. The second-order valence-corrected chi connectivity index (χ2v) is 3.93. The number of nitrogens with one attached hydrogen (secondary N) is 1. The van der Waals surface area contributed by atoms with Crippen molar-refractivity contribution in [3.63, 3.8) is 0 Å². The Hall–Kier alpha value is -2.25. The van der Waals surface area contributed by atoms with E-state index in [9.17, 15) is 0 Å². The summed E-state index contributed by atoms with van der Waals surface area (Å²) in [7, 11) is 1.57. The lowest BCUT2D eigenvalue weighted by Crippen LogP contribution is -1.94. The van der Waals surface area contributed by atoms with Crippen LogP contribution >= 0.6 is 11.6 Å². The van der Waals surface area contributed by atoms with Crippen LogP contribution in [0.5, 0.6) is 5.75 Å². The number of nitriles is 1. The molecule has 2 rings (SSSR count). The minimum absolute atomic E-state index is 0.522. The monoisotopic (exact) mass is 259 g/mol. The van der Waals surface area contributed by atoms with E-state index in [1.165, 1.54) is 6.20 Å². The van der Waals surface area contributed by atoms with Gasteiger partial charge in [-0.25, -0.2) is 4.98 Å². The molecule has 0 aliphatic heterocycles. The van der Waals surface area contributed by atoms with E-state index in [1.54, 1.807) is 31.4 Å². The Kier molecular flexibility index (Phi) is 3.66. The summed E-state index contributed by atoms with van der Waals surface area (Å²) < 4.78 is 5.07. The largest absolute Gasteiger partial charge is 0.495 e. The van der Waals surface area contributed by atoms with Gasteiger partial charge < -0.3 is 10.1 Å². The van der Waals surface area contributed by atoms with Crippen LogP contribution < -0.4 is 10.1 Å². The van der Waals surface area contributed by atoms with Crippen LogP contribution in [0.1, 0.15) is 5.56 Å². The van der Waals surface area contributed by atoms with E-state index in [0.29, 0.717) is 22.2 Å². The van der Waals surface area contributed by atoms with Crippen molar-refractivity contribution in [3.05, 3.63) is 47.1 Å². The highest BCUT2D eigenvalue weighted by atomic mass is 35.5. The molecule has 18 heavy (non-hydrogen) atoms. The summed E-state index contributed by atoms with van der Waals surface area (Å²) in [4.78, 5) is 4.11. The summed E-state index contributed by atoms with van der Waals surface area (Å²) in [6, 6.07) is 10.8. The molecule has 5 heteroatoms. The van der Waals surface area contributed by atoms with E-state index in [2.05, 4.69) is 10.3 Å². The third-order valence-corrected chi connectivity index (χ3v) is 2.61. The number of nitrogens with zero attached hydrogens (tertiary/aromatic N) is 2. The molecule has 0 bridgehead atoms. The van der Waals surface area contributed by atoms with E-state index >= 15 is 0 Å². The van der Waals surface area contributed by atoms with E-state index in [1.807, 2.05) is 12.1 Å². The maximum atomic E-state index is 8.67. The molecule has 1 aromatic carbocycles. The van der Waals surface area contributed by atoms with Crippen LogP contribution in [-0.2, 0) is 0 Å². The van der Waals surface area contributed by atoms with Gasteiger partial charge in [-0.15, -0.1) is 0 Å². The Morgan fingerprint density at radius 2 is 2.17 bits per heavy atom. The molecular formula is C13H10ClN3O. The number of ether oxygens (including phenoxy) is 1. The normalized spacial score (nSPS) is 9.61. The highest BCUT2D eigenvalue weighted by Crippen LogP contribution is 2.28. The van der Waals surface area contributed by atoms with Crippen molar-refractivity contribution in [1.82, 2.24) is 4.98 Å². The number of anilines is 2. The molecule has 0 radical (unpaired) electrons. The average molecular weight is 260 g/mol. The molecule has 1 aromatic heterocycles. The van der Waals surface area contributed by atoms with Crippen LogP contribution in [0.15, 0.2) is 36.5 Å². The number of pyridine rings is 1. The summed E-state index contributed by atoms with van der Waals surface area (Å²) in [5, 5.41) is 12.3. The highest BCUT2D eigenvalue weighted by Gasteiger charge is 2.02. The summed E-state index contributed by atoms with van der Waals surface area (Å²) in [5.41, 5.74) is 1.33. The van der Waals surface area contributed by atoms with Gasteiger partial charge in [-0.2, -0.15) is 5.26 Å². The minimum atomic E-state index is 0.522. The SMILES string of the molecule is COc1ccc(Nc2ccc(C#N)cn2)cc1Cl. The molecule has 4 nitrogen and oxygen atoms in total. The Morgan fingerprint density at radius 1 is 1.33 bits per heavy atom. The van der Waals surface area contributed by atoms with Crippen molar-refractivity contribution in [2.24, 2.45) is 0 Å².